The van der Waals surface area contributed by atoms with Crippen LogP contribution in [0.25, 0.3) is 0 Å². The van der Waals surface area contributed by atoms with Gasteiger partial charge in [0.25, 0.3) is 0 Å². The second-order valence-corrected chi connectivity index (χ2v) is 7.38. The molecule has 2 unspecified atom stereocenters. The lowest BCUT2D eigenvalue weighted by Crippen LogP contribution is -2.51. The molecule has 3 rings (SSSR count). The number of benzene rings is 1. The van der Waals surface area contributed by atoms with Crippen molar-refractivity contribution >= 4 is 21.8 Å². The van der Waals surface area contributed by atoms with Gasteiger partial charge in [-0.15, -0.1) is 0 Å². The third-order valence-corrected chi connectivity index (χ3v) is 5.48. The van der Waals surface area contributed by atoms with Gasteiger partial charge >= 0.3 is 0 Å². The molecule has 2 aliphatic rings. The van der Waals surface area contributed by atoms with E-state index in [0.29, 0.717) is 13.2 Å². The minimum atomic E-state index is -0.303. The molecule has 22 heavy (non-hydrogen) atoms. The van der Waals surface area contributed by atoms with Crippen molar-refractivity contribution < 1.29 is 9.53 Å². The predicted octanol–water partition coefficient (Wildman–Crippen LogP) is 2.70. The van der Waals surface area contributed by atoms with E-state index in [1.165, 1.54) is 0 Å². The van der Waals surface area contributed by atoms with Gasteiger partial charge in [0.1, 0.15) is 0 Å². The van der Waals surface area contributed by atoms with E-state index in [9.17, 15) is 4.79 Å². The summed E-state index contributed by atoms with van der Waals surface area (Å²) in [6.45, 7) is 1.36. The van der Waals surface area contributed by atoms with E-state index in [4.69, 9.17) is 10.5 Å². The van der Waals surface area contributed by atoms with Gasteiger partial charge in [0.05, 0.1) is 5.54 Å². The number of amides is 1. The van der Waals surface area contributed by atoms with Crippen molar-refractivity contribution in [3.8, 4) is 0 Å². The molecule has 0 aromatic heterocycles. The Hall–Kier alpha value is -0.910. The molecular formula is C17H23BrN2O2. The summed E-state index contributed by atoms with van der Waals surface area (Å²) in [5.74, 6) is 0.211. The highest BCUT2D eigenvalue weighted by molar-refractivity contribution is 9.10. The van der Waals surface area contributed by atoms with Crippen LogP contribution >= 0.6 is 15.9 Å². The molecule has 1 heterocycles. The number of hydrogen-bond donors (Lipinski definition) is 2. The van der Waals surface area contributed by atoms with Gasteiger partial charge in [0.15, 0.2) is 0 Å². The molecule has 3 N–H and O–H groups in total. The summed E-state index contributed by atoms with van der Waals surface area (Å²) in [5.41, 5.74) is 6.81. The molecule has 4 nitrogen and oxygen atoms in total. The van der Waals surface area contributed by atoms with Crippen LogP contribution in [-0.4, -0.2) is 25.2 Å². The molecule has 2 fully saturated rings. The van der Waals surface area contributed by atoms with Crippen LogP contribution in [0.15, 0.2) is 28.7 Å². The summed E-state index contributed by atoms with van der Waals surface area (Å²) < 4.78 is 6.56. The summed E-state index contributed by atoms with van der Waals surface area (Å²) in [5, 5.41) is 3.34. The number of nitrogens with one attached hydrogen (secondary N) is 1. The van der Waals surface area contributed by atoms with Crippen LogP contribution in [0.1, 0.15) is 37.7 Å². The van der Waals surface area contributed by atoms with Gasteiger partial charge in [-0.1, -0.05) is 28.1 Å². The molecular weight excluding hydrogens is 344 g/mol. The average molecular weight is 367 g/mol. The number of carbonyl (C=O) groups excluding carboxylic acids is 1. The molecule has 1 aromatic rings. The third kappa shape index (κ3) is 3.36. The first-order valence-corrected chi connectivity index (χ1v) is 8.80. The van der Waals surface area contributed by atoms with Crippen LogP contribution in [0.4, 0.5) is 0 Å². The number of carbonyl (C=O) groups is 1. The second kappa shape index (κ2) is 6.69. The summed E-state index contributed by atoms with van der Waals surface area (Å²) >= 11 is 3.47. The molecule has 1 amide bonds. The van der Waals surface area contributed by atoms with Crippen LogP contribution in [0.5, 0.6) is 0 Å². The van der Waals surface area contributed by atoms with Crippen LogP contribution in [0, 0.1) is 5.92 Å². The third-order valence-electron chi connectivity index (χ3n) is 4.95. The minimum absolute atomic E-state index is 0.0603. The molecule has 1 saturated carbocycles. The summed E-state index contributed by atoms with van der Waals surface area (Å²) in [6.07, 6.45) is 4.30. The lowest BCUT2D eigenvalue weighted by atomic mass is 9.82. The van der Waals surface area contributed by atoms with Crippen molar-refractivity contribution in [3.05, 3.63) is 34.3 Å². The molecule has 0 bridgehead atoms. The Morgan fingerprint density at radius 2 is 1.91 bits per heavy atom. The SMILES string of the molecule is NC1CCC(C(=O)NC2(c3ccc(Br)cc3)CCOCC2)C1. The van der Waals surface area contributed by atoms with E-state index in [2.05, 4.69) is 33.4 Å². The van der Waals surface area contributed by atoms with Crippen molar-refractivity contribution in [2.75, 3.05) is 13.2 Å². The first-order chi connectivity index (χ1) is 10.6. The van der Waals surface area contributed by atoms with E-state index in [1.54, 1.807) is 0 Å². The fraction of sp³-hybridized carbons (Fsp3) is 0.588. The molecule has 1 aliphatic carbocycles. The number of hydrogen-bond acceptors (Lipinski definition) is 3. The monoisotopic (exact) mass is 366 g/mol. The molecule has 120 valence electrons. The first-order valence-electron chi connectivity index (χ1n) is 8.00. The van der Waals surface area contributed by atoms with Crippen LogP contribution in [-0.2, 0) is 15.1 Å². The highest BCUT2D eigenvalue weighted by Crippen LogP contribution is 2.34. The molecule has 1 aromatic carbocycles. The maximum absolute atomic E-state index is 12.7. The van der Waals surface area contributed by atoms with Crippen molar-refractivity contribution in [2.24, 2.45) is 11.7 Å². The number of nitrogens with two attached hydrogens (primary N) is 1. The normalized spacial score (nSPS) is 27.5. The molecule has 1 aliphatic heterocycles. The largest absolute Gasteiger partial charge is 0.381 e. The summed E-state index contributed by atoms with van der Waals surface area (Å²) in [4.78, 5) is 12.7. The van der Waals surface area contributed by atoms with Crippen LogP contribution < -0.4 is 11.1 Å². The Morgan fingerprint density at radius 1 is 1.23 bits per heavy atom. The van der Waals surface area contributed by atoms with E-state index >= 15 is 0 Å². The van der Waals surface area contributed by atoms with E-state index in [1.807, 2.05) is 12.1 Å². The molecule has 0 spiro atoms. The second-order valence-electron chi connectivity index (χ2n) is 6.46. The van der Waals surface area contributed by atoms with E-state index in [0.717, 1.165) is 42.1 Å². The maximum Gasteiger partial charge on any atom is 0.223 e. The molecule has 5 heteroatoms. The number of rotatable bonds is 3. The predicted molar refractivity (Wildman–Crippen MR) is 89.3 cm³/mol. The zero-order valence-corrected chi connectivity index (χ0v) is 14.3. The van der Waals surface area contributed by atoms with Crippen molar-refractivity contribution in [1.82, 2.24) is 5.32 Å². The van der Waals surface area contributed by atoms with Crippen LogP contribution in [0.3, 0.4) is 0 Å². The lowest BCUT2D eigenvalue weighted by Gasteiger charge is -2.39. The van der Waals surface area contributed by atoms with E-state index < -0.39 is 0 Å². The van der Waals surface area contributed by atoms with Crippen molar-refractivity contribution in [2.45, 2.75) is 43.7 Å². The number of ether oxygens (including phenoxy) is 1. The number of halogens is 1. The van der Waals surface area contributed by atoms with Gasteiger partial charge in [0.2, 0.25) is 5.91 Å². The standard InChI is InChI=1S/C17H23BrN2O2/c18-14-4-2-13(3-5-14)17(7-9-22-10-8-17)20-16(21)12-1-6-15(19)11-12/h2-5,12,15H,1,6-11,19H2,(H,20,21). The molecule has 1 saturated heterocycles. The fourth-order valence-corrected chi connectivity index (χ4v) is 3.83. The van der Waals surface area contributed by atoms with E-state index in [-0.39, 0.29) is 23.4 Å². The van der Waals surface area contributed by atoms with Crippen LogP contribution in [0.2, 0.25) is 0 Å². The summed E-state index contributed by atoms with van der Waals surface area (Å²) in [7, 11) is 0. The van der Waals surface area contributed by atoms with Crippen molar-refractivity contribution in [1.29, 1.82) is 0 Å². The Labute approximate surface area is 139 Å². The highest BCUT2D eigenvalue weighted by Gasteiger charge is 2.38. The van der Waals surface area contributed by atoms with Gasteiger partial charge in [-0.05, 0) is 49.8 Å². The van der Waals surface area contributed by atoms with Gasteiger partial charge in [-0.2, -0.15) is 0 Å². The van der Waals surface area contributed by atoms with Gasteiger partial charge in [-0.25, -0.2) is 0 Å². The Kier molecular flexibility index (Phi) is 4.85. The smallest absolute Gasteiger partial charge is 0.223 e. The summed E-state index contributed by atoms with van der Waals surface area (Å²) in [6, 6.07) is 8.43. The van der Waals surface area contributed by atoms with Gasteiger partial charge < -0.3 is 15.8 Å². The highest BCUT2D eigenvalue weighted by atomic mass is 79.9. The average Bonchev–Trinajstić information content (AvgIpc) is 2.95. The minimum Gasteiger partial charge on any atom is -0.381 e. The Bertz CT molecular complexity index is 526. The zero-order chi connectivity index (χ0) is 15.6. The lowest BCUT2D eigenvalue weighted by molar-refractivity contribution is -0.128. The molecule has 2 atom stereocenters. The Balaban J connectivity index is 1.80. The zero-order valence-electron chi connectivity index (χ0n) is 12.7. The Morgan fingerprint density at radius 3 is 2.50 bits per heavy atom. The quantitative estimate of drug-likeness (QED) is 0.864. The fourth-order valence-electron chi connectivity index (χ4n) is 3.57. The first kappa shape index (κ1) is 16.0. The van der Waals surface area contributed by atoms with Gasteiger partial charge in [-0.3, -0.25) is 4.79 Å². The molecule has 0 radical (unpaired) electrons. The maximum atomic E-state index is 12.7. The topological polar surface area (TPSA) is 64.4 Å². The van der Waals surface area contributed by atoms with Crippen molar-refractivity contribution in [3.63, 3.8) is 0 Å². The van der Waals surface area contributed by atoms with Gasteiger partial charge in [0, 0.05) is 29.6 Å².